The van der Waals surface area contributed by atoms with Crippen LogP contribution in [0.4, 0.5) is 0 Å². The van der Waals surface area contributed by atoms with Gasteiger partial charge in [-0.25, -0.2) is 0 Å². The van der Waals surface area contributed by atoms with Gasteiger partial charge in [0.1, 0.15) is 0 Å². The molecule has 2 fully saturated rings. The first-order chi connectivity index (χ1) is 5.89. The lowest BCUT2D eigenvalue weighted by atomic mass is 9.75. The summed E-state index contributed by atoms with van der Waals surface area (Å²) in [5, 5.41) is 0. The third-order valence-electron chi connectivity index (χ3n) is 3.89. The van der Waals surface area contributed by atoms with E-state index in [0.29, 0.717) is 10.8 Å². The molecule has 0 spiro atoms. The van der Waals surface area contributed by atoms with Crippen molar-refractivity contribution in [2.24, 2.45) is 16.7 Å². The molecule has 13 heavy (non-hydrogen) atoms. The van der Waals surface area contributed by atoms with E-state index in [-0.39, 0.29) is 0 Å². The van der Waals surface area contributed by atoms with Gasteiger partial charge in [-0.3, -0.25) is 0 Å². The minimum Gasteiger partial charge on any atom is -0.302 e. The zero-order valence-corrected chi connectivity index (χ0v) is 9.56. The van der Waals surface area contributed by atoms with Crippen molar-refractivity contribution in [3.05, 3.63) is 0 Å². The largest absolute Gasteiger partial charge is 0.302 e. The molecule has 0 amide bonds. The van der Waals surface area contributed by atoms with Crippen molar-refractivity contribution in [1.29, 1.82) is 0 Å². The highest BCUT2D eigenvalue weighted by Crippen LogP contribution is 2.47. The highest BCUT2D eigenvalue weighted by atomic mass is 15.2. The van der Waals surface area contributed by atoms with Gasteiger partial charge in [0.25, 0.3) is 0 Å². The van der Waals surface area contributed by atoms with Crippen LogP contribution in [0.5, 0.6) is 0 Å². The van der Waals surface area contributed by atoms with E-state index in [0.717, 1.165) is 5.92 Å². The molecular formula is C12H23N. The Bertz CT molecular complexity index is 192. The van der Waals surface area contributed by atoms with Crippen LogP contribution in [-0.4, -0.2) is 24.5 Å². The minimum atomic E-state index is 0.529. The van der Waals surface area contributed by atoms with Gasteiger partial charge in [-0.15, -0.1) is 0 Å². The zero-order chi connectivity index (χ0) is 9.69. The van der Waals surface area contributed by atoms with Crippen molar-refractivity contribution in [1.82, 2.24) is 4.90 Å². The van der Waals surface area contributed by atoms with Crippen molar-refractivity contribution >= 4 is 0 Å². The van der Waals surface area contributed by atoms with Gasteiger partial charge in [-0.05, 0) is 29.6 Å². The van der Waals surface area contributed by atoms with Crippen LogP contribution >= 0.6 is 0 Å². The first-order valence-electron chi connectivity index (χ1n) is 5.61. The molecule has 0 aromatic carbocycles. The van der Waals surface area contributed by atoms with Crippen LogP contribution in [0.25, 0.3) is 0 Å². The Morgan fingerprint density at radius 3 is 2.15 bits per heavy atom. The van der Waals surface area contributed by atoms with Crippen molar-refractivity contribution < 1.29 is 0 Å². The van der Waals surface area contributed by atoms with Gasteiger partial charge in [0.15, 0.2) is 0 Å². The lowest BCUT2D eigenvalue weighted by Gasteiger charge is -2.47. The maximum atomic E-state index is 2.64. The quantitative estimate of drug-likeness (QED) is 0.633. The second-order valence-corrected chi connectivity index (χ2v) is 6.57. The molecule has 1 aliphatic heterocycles. The molecule has 1 aliphatic carbocycles. The Hall–Kier alpha value is -0.0400. The monoisotopic (exact) mass is 181 g/mol. The van der Waals surface area contributed by atoms with Crippen LogP contribution in [-0.2, 0) is 0 Å². The number of nitrogens with zero attached hydrogens (tertiary/aromatic N) is 1. The van der Waals surface area contributed by atoms with E-state index in [1.165, 1.54) is 32.5 Å². The zero-order valence-electron chi connectivity index (χ0n) is 9.56. The van der Waals surface area contributed by atoms with Gasteiger partial charge in [-0.1, -0.05) is 27.7 Å². The molecule has 1 heterocycles. The molecule has 0 unspecified atom stereocenters. The third-order valence-corrected chi connectivity index (χ3v) is 3.89. The van der Waals surface area contributed by atoms with Crippen molar-refractivity contribution in [2.45, 2.75) is 40.5 Å². The standard InChI is InChI=1S/C12H23N/c1-11(2,3)10-7-13(8-10)9-12(4)5-6-12/h10H,5-9H2,1-4H3. The van der Waals surface area contributed by atoms with E-state index in [1.807, 2.05) is 0 Å². The second-order valence-electron chi connectivity index (χ2n) is 6.57. The van der Waals surface area contributed by atoms with Crippen LogP contribution in [0.15, 0.2) is 0 Å². The lowest BCUT2D eigenvalue weighted by molar-refractivity contribution is 0.0126. The Labute approximate surface area is 82.5 Å². The molecule has 2 rings (SSSR count). The fourth-order valence-electron chi connectivity index (χ4n) is 2.16. The maximum Gasteiger partial charge on any atom is 0.00356 e. The first kappa shape index (κ1) is 9.51. The Kier molecular flexibility index (Phi) is 1.99. The lowest BCUT2D eigenvalue weighted by Crippen LogP contribution is -2.53. The van der Waals surface area contributed by atoms with Crippen LogP contribution in [0.2, 0.25) is 0 Å². The fraction of sp³-hybridized carbons (Fsp3) is 1.00. The van der Waals surface area contributed by atoms with Gasteiger partial charge in [0.2, 0.25) is 0 Å². The minimum absolute atomic E-state index is 0.529. The molecule has 1 nitrogen and oxygen atoms in total. The number of rotatable bonds is 2. The molecule has 0 aromatic heterocycles. The molecule has 1 saturated carbocycles. The van der Waals surface area contributed by atoms with E-state index >= 15 is 0 Å². The summed E-state index contributed by atoms with van der Waals surface area (Å²) in [6, 6.07) is 0. The van der Waals surface area contributed by atoms with Crippen molar-refractivity contribution in [3.63, 3.8) is 0 Å². The summed E-state index contributed by atoms with van der Waals surface area (Å²) in [7, 11) is 0. The Morgan fingerprint density at radius 2 is 1.77 bits per heavy atom. The van der Waals surface area contributed by atoms with Gasteiger partial charge >= 0.3 is 0 Å². The highest BCUT2D eigenvalue weighted by Gasteiger charge is 2.43. The second kappa shape index (κ2) is 2.73. The predicted octanol–water partition coefficient (Wildman–Crippen LogP) is 2.76. The molecule has 0 aromatic rings. The molecule has 0 bridgehead atoms. The molecule has 0 radical (unpaired) electrons. The first-order valence-corrected chi connectivity index (χ1v) is 5.61. The summed E-state index contributed by atoms with van der Waals surface area (Å²) in [6.07, 6.45) is 2.92. The van der Waals surface area contributed by atoms with Crippen LogP contribution in [0.1, 0.15) is 40.5 Å². The van der Waals surface area contributed by atoms with Gasteiger partial charge in [-0.2, -0.15) is 0 Å². The molecule has 1 heteroatoms. The SMILES string of the molecule is CC1(CN2CC(C(C)(C)C)C2)CC1. The normalized spacial score (nSPS) is 28.6. The Balaban J connectivity index is 1.73. The highest BCUT2D eigenvalue weighted by molar-refractivity contribution is 4.96. The number of hydrogen-bond acceptors (Lipinski definition) is 1. The fourth-order valence-corrected chi connectivity index (χ4v) is 2.16. The maximum absolute atomic E-state index is 2.64. The van der Waals surface area contributed by atoms with E-state index in [4.69, 9.17) is 0 Å². The predicted molar refractivity (Wildman–Crippen MR) is 56.7 cm³/mol. The molecule has 0 N–H and O–H groups in total. The summed E-state index contributed by atoms with van der Waals surface area (Å²) >= 11 is 0. The van der Waals surface area contributed by atoms with E-state index in [1.54, 1.807) is 0 Å². The molecule has 2 aliphatic rings. The van der Waals surface area contributed by atoms with Crippen molar-refractivity contribution in [2.75, 3.05) is 19.6 Å². The average Bonchev–Trinajstić information content (AvgIpc) is 2.56. The molecule has 76 valence electrons. The van der Waals surface area contributed by atoms with E-state index in [9.17, 15) is 0 Å². The summed E-state index contributed by atoms with van der Waals surface area (Å²) in [5.74, 6) is 0.940. The van der Waals surface area contributed by atoms with Gasteiger partial charge < -0.3 is 4.90 Å². The molecular weight excluding hydrogens is 158 g/mol. The van der Waals surface area contributed by atoms with Crippen LogP contribution in [0.3, 0.4) is 0 Å². The Morgan fingerprint density at radius 1 is 1.23 bits per heavy atom. The summed E-state index contributed by atoms with van der Waals surface area (Å²) in [6.45, 7) is 13.6. The summed E-state index contributed by atoms with van der Waals surface area (Å²) < 4.78 is 0. The van der Waals surface area contributed by atoms with Crippen molar-refractivity contribution in [3.8, 4) is 0 Å². The van der Waals surface area contributed by atoms with Gasteiger partial charge in [0, 0.05) is 19.6 Å². The summed E-state index contributed by atoms with van der Waals surface area (Å²) in [4.78, 5) is 2.64. The number of hydrogen-bond donors (Lipinski definition) is 0. The molecule has 1 saturated heterocycles. The van der Waals surface area contributed by atoms with E-state index in [2.05, 4.69) is 32.6 Å². The van der Waals surface area contributed by atoms with Gasteiger partial charge in [0.05, 0.1) is 0 Å². The van der Waals surface area contributed by atoms with Crippen LogP contribution < -0.4 is 0 Å². The van der Waals surface area contributed by atoms with Crippen LogP contribution in [0, 0.1) is 16.7 Å². The summed E-state index contributed by atoms with van der Waals surface area (Å²) in [5.41, 5.74) is 1.24. The topological polar surface area (TPSA) is 3.24 Å². The average molecular weight is 181 g/mol. The van der Waals surface area contributed by atoms with E-state index < -0.39 is 0 Å². The molecule has 0 atom stereocenters. The number of likely N-dealkylation sites (tertiary alicyclic amines) is 1. The smallest absolute Gasteiger partial charge is 0.00356 e. The third kappa shape index (κ3) is 2.07.